The molecular weight excluding hydrogens is 290 g/mol. The maximum absolute atomic E-state index is 11.7. The summed E-state index contributed by atoms with van der Waals surface area (Å²) >= 11 is 0. The van der Waals surface area contributed by atoms with Gasteiger partial charge in [-0.1, -0.05) is 30.3 Å². The number of hydrogen-bond donors (Lipinski definition) is 0. The quantitative estimate of drug-likeness (QED) is 0.691. The molecular formula is C19H17NO3. The first-order valence-electron chi connectivity index (χ1n) is 7.31. The van der Waals surface area contributed by atoms with E-state index in [4.69, 9.17) is 9.47 Å². The molecule has 0 atom stereocenters. The van der Waals surface area contributed by atoms with Crippen LogP contribution in [0.15, 0.2) is 54.7 Å². The molecule has 2 aromatic carbocycles. The summed E-state index contributed by atoms with van der Waals surface area (Å²) in [5.41, 5.74) is 3.72. The van der Waals surface area contributed by atoms with Crippen molar-refractivity contribution in [3.63, 3.8) is 0 Å². The molecule has 0 saturated carbocycles. The SMILES string of the molecule is COC(=O)Cc1cnc2ccc(OC)cc2c1-c1ccccc1. The Morgan fingerprint density at radius 2 is 1.87 bits per heavy atom. The smallest absolute Gasteiger partial charge is 0.310 e. The van der Waals surface area contributed by atoms with Crippen molar-refractivity contribution in [1.29, 1.82) is 0 Å². The van der Waals surface area contributed by atoms with Crippen LogP contribution in [-0.4, -0.2) is 25.2 Å². The maximum Gasteiger partial charge on any atom is 0.310 e. The molecule has 0 aliphatic heterocycles. The Morgan fingerprint density at radius 3 is 2.57 bits per heavy atom. The Hall–Kier alpha value is -2.88. The standard InChI is InChI=1S/C19H17NO3/c1-22-15-8-9-17-16(11-15)19(13-6-4-3-5-7-13)14(12-20-17)10-18(21)23-2/h3-9,11-12H,10H2,1-2H3. The molecule has 0 amide bonds. The Morgan fingerprint density at radius 1 is 1.09 bits per heavy atom. The van der Waals surface area contributed by atoms with E-state index in [1.807, 2.05) is 48.5 Å². The zero-order chi connectivity index (χ0) is 16.2. The van der Waals surface area contributed by atoms with E-state index in [-0.39, 0.29) is 12.4 Å². The van der Waals surface area contributed by atoms with Crippen molar-refractivity contribution in [2.45, 2.75) is 6.42 Å². The van der Waals surface area contributed by atoms with Gasteiger partial charge in [-0.25, -0.2) is 0 Å². The Bertz CT molecular complexity index is 844. The first-order valence-corrected chi connectivity index (χ1v) is 7.31. The predicted octanol–water partition coefficient (Wildman–Crippen LogP) is 3.63. The molecule has 0 fully saturated rings. The number of aromatic nitrogens is 1. The fourth-order valence-electron chi connectivity index (χ4n) is 2.65. The molecule has 3 rings (SSSR count). The van der Waals surface area contributed by atoms with Crippen molar-refractivity contribution >= 4 is 16.9 Å². The van der Waals surface area contributed by atoms with Gasteiger partial charge in [0.2, 0.25) is 0 Å². The number of pyridine rings is 1. The summed E-state index contributed by atoms with van der Waals surface area (Å²) in [4.78, 5) is 16.2. The molecule has 0 N–H and O–H groups in total. The van der Waals surface area contributed by atoms with Gasteiger partial charge in [0.1, 0.15) is 5.75 Å². The van der Waals surface area contributed by atoms with Crippen LogP contribution in [0.25, 0.3) is 22.0 Å². The molecule has 1 aromatic heterocycles. The van der Waals surface area contributed by atoms with Crippen molar-refractivity contribution < 1.29 is 14.3 Å². The topological polar surface area (TPSA) is 48.4 Å². The minimum absolute atomic E-state index is 0.181. The number of esters is 1. The van der Waals surface area contributed by atoms with Crippen molar-refractivity contribution in [3.8, 4) is 16.9 Å². The predicted molar refractivity (Wildman–Crippen MR) is 89.5 cm³/mol. The van der Waals surface area contributed by atoms with Crippen molar-refractivity contribution in [2.24, 2.45) is 0 Å². The molecule has 0 aliphatic carbocycles. The van der Waals surface area contributed by atoms with Crippen LogP contribution >= 0.6 is 0 Å². The fraction of sp³-hybridized carbons (Fsp3) is 0.158. The van der Waals surface area contributed by atoms with Gasteiger partial charge in [-0.05, 0) is 34.9 Å². The molecule has 23 heavy (non-hydrogen) atoms. The van der Waals surface area contributed by atoms with Crippen LogP contribution in [0, 0.1) is 0 Å². The van der Waals surface area contributed by atoms with E-state index >= 15 is 0 Å². The Labute approximate surface area is 134 Å². The lowest BCUT2D eigenvalue weighted by atomic mass is 9.95. The van der Waals surface area contributed by atoms with E-state index < -0.39 is 0 Å². The number of nitrogens with zero attached hydrogens (tertiary/aromatic N) is 1. The van der Waals surface area contributed by atoms with Crippen LogP contribution in [0.2, 0.25) is 0 Å². The number of ether oxygens (including phenoxy) is 2. The summed E-state index contributed by atoms with van der Waals surface area (Å²) in [6, 6.07) is 15.7. The second-order valence-corrected chi connectivity index (χ2v) is 5.16. The van der Waals surface area contributed by atoms with Gasteiger partial charge < -0.3 is 9.47 Å². The van der Waals surface area contributed by atoms with E-state index in [0.717, 1.165) is 33.3 Å². The Balaban J connectivity index is 2.28. The van der Waals surface area contributed by atoms with Crippen molar-refractivity contribution in [1.82, 2.24) is 4.98 Å². The summed E-state index contributed by atoms with van der Waals surface area (Å²) < 4.78 is 10.1. The highest BCUT2D eigenvalue weighted by Gasteiger charge is 2.15. The lowest BCUT2D eigenvalue weighted by molar-refractivity contribution is -0.139. The third-order valence-electron chi connectivity index (χ3n) is 3.78. The summed E-state index contributed by atoms with van der Waals surface area (Å²) in [7, 11) is 3.02. The first kappa shape index (κ1) is 15.0. The van der Waals surface area contributed by atoms with Crippen molar-refractivity contribution in [2.75, 3.05) is 14.2 Å². The molecule has 0 saturated heterocycles. The van der Waals surface area contributed by atoms with Gasteiger partial charge in [0.15, 0.2) is 0 Å². The second kappa shape index (κ2) is 6.48. The molecule has 3 aromatic rings. The molecule has 0 aliphatic rings. The van der Waals surface area contributed by atoms with Gasteiger partial charge in [-0.2, -0.15) is 0 Å². The van der Waals surface area contributed by atoms with Gasteiger partial charge in [0, 0.05) is 11.6 Å². The monoisotopic (exact) mass is 307 g/mol. The van der Waals surface area contributed by atoms with E-state index in [1.54, 1.807) is 13.3 Å². The second-order valence-electron chi connectivity index (χ2n) is 5.16. The van der Waals surface area contributed by atoms with E-state index in [1.165, 1.54) is 7.11 Å². The molecule has 0 spiro atoms. The van der Waals surface area contributed by atoms with Crippen LogP contribution in [0.1, 0.15) is 5.56 Å². The molecule has 4 heteroatoms. The van der Waals surface area contributed by atoms with Crippen LogP contribution in [0.3, 0.4) is 0 Å². The zero-order valence-corrected chi connectivity index (χ0v) is 13.1. The van der Waals surface area contributed by atoms with Crippen LogP contribution in [0.5, 0.6) is 5.75 Å². The molecule has 116 valence electrons. The molecule has 4 nitrogen and oxygen atoms in total. The highest BCUT2D eigenvalue weighted by atomic mass is 16.5. The molecule has 0 bridgehead atoms. The number of methoxy groups -OCH3 is 2. The largest absolute Gasteiger partial charge is 0.497 e. The fourth-order valence-corrected chi connectivity index (χ4v) is 2.65. The highest BCUT2D eigenvalue weighted by Crippen LogP contribution is 2.33. The lowest BCUT2D eigenvalue weighted by Crippen LogP contribution is -2.06. The highest BCUT2D eigenvalue weighted by molar-refractivity contribution is 5.98. The van der Waals surface area contributed by atoms with Crippen molar-refractivity contribution in [3.05, 3.63) is 60.3 Å². The number of carbonyl (C=O) groups excluding carboxylic acids is 1. The summed E-state index contributed by atoms with van der Waals surface area (Å²) in [6.07, 6.45) is 1.93. The molecule has 0 unspecified atom stereocenters. The van der Waals surface area contributed by atoms with E-state index in [9.17, 15) is 4.79 Å². The normalized spacial score (nSPS) is 10.5. The van der Waals surface area contributed by atoms with E-state index in [0.29, 0.717) is 0 Å². The van der Waals surface area contributed by atoms with Crippen LogP contribution in [-0.2, 0) is 16.0 Å². The maximum atomic E-state index is 11.7. The van der Waals surface area contributed by atoms with Crippen LogP contribution in [0.4, 0.5) is 0 Å². The number of rotatable bonds is 4. The molecule has 1 heterocycles. The minimum Gasteiger partial charge on any atom is -0.497 e. The number of hydrogen-bond acceptors (Lipinski definition) is 4. The summed E-state index contributed by atoms with van der Waals surface area (Å²) in [6.45, 7) is 0. The summed E-state index contributed by atoms with van der Waals surface area (Å²) in [5, 5.41) is 0.956. The first-order chi connectivity index (χ1) is 11.2. The minimum atomic E-state index is -0.286. The third-order valence-corrected chi connectivity index (χ3v) is 3.78. The lowest BCUT2D eigenvalue weighted by Gasteiger charge is -2.13. The zero-order valence-electron chi connectivity index (χ0n) is 13.1. The van der Waals surface area contributed by atoms with Crippen LogP contribution < -0.4 is 4.74 Å². The average Bonchev–Trinajstić information content (AvgIpc) is 2.61. The molecule has 0 radical (unpaired) electrons. The van der Waals surface area contributed by atoms with Gasteiger partial charge in [0.05, 0.1) is 26.2 Å². The number of benzene rings is 2. The van der Waals surface area contributed by atoms with E-state index in [2.05, 4.69) is 4.98 Å². The van der Waals surface area contributed by atoms with Gasteiger partial charge in [-0.15, -0.1) is 0 Å². The van der Waals surface area contributed by atoms with Gasteiger partial charge in [0.25, 0.3) is 0 Å². The number of carbonyl (C=O) groups is 1. The summed E-state index contributed by atoms with van der Waals surface area (Å²) in [5.74, 6) is 0.470. The van der Waals surface area contributed by atoms with Gasteiger partial charge >= 0.3 is 5.97 Å². The van der Waals surface area contributed by atoms with Gasteiger partial charge in [-0.3, -0.25) is 9.78 Å². The average molecular weight is 307 g/mol. The number of fused-ring (bicyclic) bond motifs is 1. The third kappa shape index (κ3) is 3.01. The Kier molecular flexibility index (Phi) is 4.24.